The summed E-state index contributed by atoms with van der Waals surface area (Å²) in [5.41, 5.74) is 0.637. The molecular weight excluding hydrogens is 564 g/mol. The second kappa shape index (κ2) is 18.4. The van der Waals surface area contributed by atoms with E-state index in [2.05, 4.69) is 0 Å². The lowest BCUT2D eigenvalue weighted by molar-refractivity contribution is -0.309. The molecule has 0 unspecified atom stereocenters. The fourth-order valence-corrected chi connectivity index (χ4v) is 4.41. The largest absolute Gasteiger partial charge is 0.463 e. The van der Waals surface area contributed by atoms with E-state index in [0.717, 1.165) is 20.8 Å². The van der Waals surface area contributed by atoms with Gasteiger partial charge in [-0.25, -0.2) is 0 Å². The minimum absolute atomic E-state index is 0.0187. The molecule has 14 heteroatoms. The third-order valence-corrected chi connectivity index (χ3v) is 6.17. The molecule has 1 fully saturated rings. The van der Waals surface area contributed by atoms with E-state index in [1.165, 1.54) is 18.7 Å². The predicted molar refractivity (Wildman–Crippen MR) is 143 cm³/mol. The highest BCUT2D eigenvalue weighted by Gasteiger charge is 2.52. The number of hydrogen-bond donors (Lipinski definition) is 0. The third-order valence-electron chi connectivity index (χ3n) is 5.30. The Bertz CT molecular complexity index is 1000. The highest BCUT2D eigenvalue weighted by Crippen LogP contribution is 2.30. The lowest BCUT2D eigenvalue weighted by Gasteiger charge is -2.44. The molecule has 228 valence electrons. The van der Waals surface area contributed by atoms with Crippen LogP contribution in [-0.4, -0.2) is 105 Å². The molecule has 0 saturated carbocycles. The number of benzene rings is 1. The Balaban J connectivity index is 1.85. The zero-order valence-electron chi connectivity index (χ0n) is 23.4. The van der Waals surface area contributed by atoms with Crippen LogP contribution >= 0.6 is 11.8 Å². The summed E-state index contributed by atoms with van der Waals surface area (Å²) in [5.74, 6) is -2.29. The molecular formula is C27H36O13S. The number of carbonyl (C=O) groups is 5. The van der Waals surface area contributed by atoms with Crippen LogP contribution in [0.1, 0.15) is 38.1 Å². The summed E-state index contributed by atoms with van der Waals surface area (Å²) in [4.78, 5) is 58.9. The van der Waals surface area contributed by atoms with Gasteiger partial charge in [0.05, 0.1) is 33.0 Å². The first-order valence-electron chi connectivity index (χ1n) is 12.9. The first-order valence-corrected chi connectivity index (χ1v) is 13.9. The lowest BCUT2D eigenvalue weighted by atomic mass is 9.98. The zero-order chi connectivity index (χ0) is 30.2. The topological polar surface area (TPSA) is 159 Å². The summed E-state index contributed by atoms with van der Waals surface area (Å²) >= 11 is 1.17. The second-order valence-electron chi connectivity index (χ2n) is 8.67. The number of ether oxygens (including phenoxy) is 8. The second-order valence-corrected chi connectivity index (χ2v) is 9.73. The van der Waals surface area contributed by atoms with Crippen molar-refractivity contribution in [1.82, 2.24) is 0 Å². The Kier molecular flexibility index (Phi) is 15.3. The minimum atomic E-state index is -1.31. The van der Waals surface area contributed by atoms with Gasteiger partial charge in [0.25, 0.3) is 0 Å². The number of hydrogen-bond acceptors (Lipinski definition) is 14. The molecule has 1 aliphatic heterocycles. The lowest BCUT2D eigenvalue weighted by Crippen LogP contribution is -2.63. The molecule has 0 bridgehead atoms. The maximum Gasteiger partial charge on any atom is 0.303 e. The van der Waals surface area contributed by atoms with Crippen molar-refractivity contribution in [3.8, 4) is 0 Å². The van der Waals surface area contributed by atoms with Crippen LogP contribution in [0.4, 0.5) is 0 Å². The van der Waals surface area contributed by atoms with Crippen LogP contribution in [0.3, 0.4) is 0 Å². The Morgan fingerprint density at radius 3 is 1.88 bits per heavy atom. The average molecular weight is 601 g/mol. The summed E-state index contributed by atoms with van der Waals surface area (Å²) in [6, 6.07) is 8.98. The number of thioether (sulfide) groups is 1. The first-order chi connectivity index (χ1) is 19.6. The molecule has 13 nitrogen and oxygen atoms in total. The number of rotatable bonds is 16. The quantitative estimate of drug-likeness (QED) is 0.153. The van der Waals surface area contributed by atoms with Gasteiger partial charge in [-0.15, -0.1) is 0 Å². The van der Waals surface area contributed by atoms with Gasteiger partial charge in [-0.3, -0.25) is 24.0 Å². The van der Waals surface area contributed by atoms with Crippen LogP contribution in [0.15, 0.2) is 30.3 Å². The normalized spacial score (nSPS) is 21.9. The van der Waals surface area contributed by atoms with Crippen LogP contribution in [0, 0.1) is 0 Å². The molecule has 1 aromatic carbocycles. The van der Waals surface area contributed by atoms with Crippen molar-refractivity contribution in [3.63, 3.8) is 0 Å². The Hall–Kier alpha value is -3.04. The molecule has 0 amide bonds. The van der Waals surface area contributed by atoms with Gasteiger partial charge in [0.1, 0.15) is 12.7 Å². The van der Waals surface area contributed by atoms with Crippen molar-refractivity contribution in [3.05, 3.63) is 35.9 Å². The predicted octanol–water partition coefficient (Wildman–Crippen LogP) is 1.69. The van der Waals surface area contributed by atoms with E-state index in [-0.39, 0.29) is 31.5 Å². The van der Waals surface area contributed by atoms with Crippen molar-refractivity contribution in [2.24, 2.45) is 0 Å². The maximum atomic E-state index is 12.1. The van der Waals surface area contributed by atoms with Gasteiger partial charge in [0.15, 0.2) is 24.6 Å². The summed E-state index contributed by atoms with van der Waals surface area (Å²) in [7, 11) is 0. The molecule has 0 spiro atoms. The van der Waals surface area contributed by atoms with E-state index in [0.29, 0.717) is 24.5 Å². The van der Waals surface area contributed by atoms with Crippen molar-refractivity contribution in [1.29, 1.82) is 0 Å². The maximum absolute atomic E-state index is 12.1. The molecule has 41 heavy (non-hydrogen) atoms. The molecule has 1 heterocycles. The SMILES string of the molecule is CC(=O)OC[C@H]1O[C@@H](OCCOCCOCCSC(=O)c2ccccc2)[C@H](OC(C)=O)[C@@H](OC(C)=O)[C@H]1OC(C)=O. The van der Waals surface area contributed by atoms with Crippen LogP contribution < -0.4 is 0 Å². The molecule has 0 N–H and O–H groups in total. The molecule has 0 radical (unpaired) electrons. The standard InChI is InChI=1S/C27H36O13S/c1-17(28)36-16-22-23(37-18(2)29)24(38-19(3)30)25(39-20(4)31)27(40-22)35-13-12-33-10-11-34-14-15-41-26(32)21-8-6-5-7-9-21/h5-9,22-25,27H,10-16H2,1-4H3/t22-,23+,24+,25-,27-/m1/s1. The Morgan fingerprint density at radius 2 is 1.27 bits per heavy atom. The monoisotopic (exact) mass is 600 g/mol. The molecule has 0 aromatic heterocycles. The first kappa shape index (κ1) is 34.2. The van der Waals surface area contributed by atoms with Gasteiger partial charge in [0.2, 0.25) is 5.12 Å². The fourth-order valence-electron chi connectivity index (χ4n) is 3.72. The summed E-state index contributed by atoms with van der Waals surface area (Å²) in [6.07, 6.45) is -6.22. The fraction of sp³-hybridized carbons (Fsp3) is 0.593. The van der Waals surface area contributed by atoms with Crippen LogP contribution in [0.5, 0.6) is 0 Å². The molecule has 1 aliphatic rings. The van der Waals surface area contributed by atoms with Gasteiger partial charge in [-0.2, -0.15) is 0 Å². The van der Waals surface area contributed by atoms with Gasteiger partial charge in [-0.05, 0) is 0 Å². The van der Waals surface area contributed by atoms with Gasteiger partial charge < -0.3 is 37.9 Å². The summed E-state index contributed by atoms with van der Waals surface area (Å²) < 4.78 is 43.6. The van der Waals surface area contributed by atoms with Crippen molar-refractivity contribution in [2.45, 2.75) is 58.4 Å². The van der Waals surface area contributed by atoms with Gasteiger partial charge in [-0.1, -0.05) is 42.1 Å². The number of carbonyl (C=O) groups excluding carboxylic acids is 5. The van der Waals surface area contributed by atoms with E-state index in [1.807, 2.05) is 18.2 Å². The zero-order valence-corrected chi connectivity index (χ0v) is 24.3. The highest BCUT2D eigenvalue weighted by molar-refractivity contribution is 8.14. The van der Waals surface area contributed by atoms with E-state index in [4.69, 9.17) is 37.9 Å². The van der Waals surface area contributed by atoms with Crippen molar-refractivity contribution in [2.75, 3.05) is 45.4 Å². The van der Waals surface area contributed by atoms with E-state index in [1.54, 1.807) is 12.1 Å². The van der Waals surface area contributed by atoms with E-state index >= 15 is 0 Å². The van der Waals surface area contributed by atoms with Crippen LogP contribution in [0.2, 0.25) is 0 Å². The minimum Gasteiger partial charge on any atom is -0.463 e. The van der Waals surface area contributed by atoms with E-state index < -0.39 is 54.6 Å². The highest BCUT2D eigenvalue weighted by atomic mass is 32.2. The van der Waals surface area contributed by atoms with Crippen molar-refractivity contribution >= 4 is 40.8 Å². The van der Waals surface area contributed by atoms with Crippen LogP contribution in [-0.2, 0) is 57.1 Å². The Labute approximate surface area is 242 Å². The molecule has 0 aliphatic carbocycles. The van der Waals surface area contributed by atoms with Gasteiger partial charge >= 0.3 is 23.9 Å². The Morgan fingerprint density at radius 1 is 0.707 bits per heavy atom. The van der Waals surface area contributed by atoms with Crippen LogP contribution in [0.25, 0.3) is 0 Å². The molecule has 5 atom stereocenters. The summed E-state index contributed by atoms with van der Waals surface area (Å²) in [6.45, 7) is 5.26. The average Bonchev–Trinajstić information content (AvgIpc) is 2.91. The molecule has 1 saturated heterocycles. The summed E-state index contributed by atoms with van der Waals surface area (Å²) in [5, 5.41) is -0.0233. The third kappa shape index (κ3) is 13.0. The van der Waals surface area contributed by atoms with E-state index in [9.17, 15) is 24.0 Å². The van der Waals surface area contributed by atoms with Gasteiger partial charge in [0, 0.05) is 39.0 Å². The van der Waals surface area contributed by atoms with Crippen molar-refractivity contribution < 1.29 is 61.9 Å². The number of esters is 4. The smallest absolute Gasteiger partial charge is 0.303 e. The molecule has 1 aromatic rings. The molecule has 2 rings (SSSR count).